The van der Waals surface area contributed by atoms with Crippen molar-refractivity contribution in [2.24, 2.45) is 0 Å². The normalized spacial score (nSPS) is 16.6. The summed E-state index contributed by atoms with van der Waals surface area (Å²) >= 11 is -2.21. The van der Waals surface area contributed by atoms with Crippen molar-refractivity contribution in [3.05, 3.63) is 57.6 Å². The molecule has 402 valence electrons. The quantitative estimate of drug-likeness (QED) is 0.121. The molecule has 0 amide bonds. The van der Waals surface area contributed by atoms with E-state index < -0.39 is 114 Å². The summed E-state index contributed by atoms with van der Waals surface area (Å²) in [4.78, 5) is 0. The SMILES string of the molecule is C[Si](C)(C)C(c1cc(C([Si](C)(C)C)[Si](C)(C)C)c(B2[S][Sb]([c]3c(C([Si](C)(C)C)[Si](C)(C)C)cc(C([Si](C)(C)C)[Si](C)(C)C)cc3C([Si](C)(C)C)[Si](C)(C)C)[S]2)c(C([Si](C)(C)C)[Si](C)(C)C)c1)[Si](C)(C)C. The van der Waals surface area contributed by atoms with Crippen molar-refractivity contribution in [2.75, 3.05) is 0 Å². The Morgan fingerprint density at radius 1 is 0.271 bits per heavy atom. The first kappa shape index (κ1) is 66.9. The van der Waals surface area contributed by atoms with Gasteiger partial charge in [-0.15, -0.1) is 0 Å². The molecule has 0 aliphatic carbocycles. The Hall–Kier alpha value is 2.63. The van der Waals surface area contributed by atoms with E-state index in [0.29, 0.717) is 5.27 Å². The van der Waals surface area contributed by atoms with E-state index in [1.54, 1.807) is 5.56 Å². The van der Waals surface area contributed by atoms with Crippen molar-refractivity contribution in [2.45, 2.75) is 267 Å². The van der Waals surface area contributed by atoms with Crippen LogP contribution in [-0.4, -0.2) is 120 Å². The van der Waals surface area contributed by atoms with Crippen molar-refractivity contribution in [3.63, 3.8) is 0 Å². The van der Waals surface area contributed by atoms with E-state index in [-0.39, 0.29) is 0 Å². The van der Waals surface area contributed by atoms with Gasteiger partial charge in [0.25, 0.3) is 0 Å². The molecule has 70 heavy (non-hydrogen) atoms. The molecule has 2 aromatic carbocycles. The van der Waals surface area contributed by atoms with Crippen LogP contribution in [0.25, 0.3) is 0 Å². The van der Waals surface area contributed by atoms with Crippen LogP contribution in [0.15, 0.2) is 24.3 Å². The van der Waals surface area contributed by atoms with E-state index in [1.807, 2.05) is 36.8 Å². The molecule has 0 N–H and O–H groups in total. The van der Waals surface area contributed by atoms with Gasteiger partial charge in [0, 0.05) is 0 Å². The second-order valence-electron chi connectivity index (χ2n) is 36.0. The van der Waals surface area contributed by atoms with Gasteiger partial charge in [-0.2, -0.15) is 0 Å². The molecular weight excluding hydrogens is 1180 g/mol. The van der Waals surface area contributed by atoms with Crippen LogP contribution in [-0.2, 0) is 0 Å². The molecular formula is C54H118BS2SbSi12. The molecule has 0 nitrogen and oxygen atoms in total. The molecule has 2 aromatic rings. The van der Waals surface area contributed by atoms with Crippen molar-refractivity contribution in [1.29, 1.82) is 0 Å². The zero-order chi connectivity index (χ0) is 55.5. The molecule has 0 bridgehead atoms. The summed E-state index contributed by atoms with van der Waals surface area (Å²) in [6, 6.07) is 12.1. The second-order valence-corrected chi connectivity index (χ2v) is 118. The Morgan fingerprint density at radius 3 is 0.629 bits per heavy atom. The Morgan fingerprint density at radius 2 is 0.443 bits per heavy atom. The first-order chi connectivity index (χ1) is 30.4. The van der Waals surface area contributed by atoms with Gasteiger partial charge < -0.3 is 0 Å². The minimum absolute atomic E-state index is 0.566. The third-order valence-corrected chi connectivity index (χ3v) is 91.0. The summed E-state index contributed by atoms with van der Waals surface area (Å²) in [6.07, 6.45) is 0. The maximum atomic E-state index is 3.03. The zero-order valence-electron chi connectivity index (χ0n) is 53.6. The monoisotopic (exact) mass is 1300 g/mol. The number of benzene rings is 2. The van der Waals surface area contributed by atoms with Gasteiger partial charge in [0.1, 0.15) is 0 Å². The minimum atomic E-state index is -2.21. The Bertz CT molecular complexity index is 1800. The van der Waals surface area contributed by atoms with Crippen LogP contribution in [0.1, 0.15) is 64.4 Å². The molecule has 1 saturated heterocycles. The summed E-state index contributed by atoms with van der Waals surface area (Å²) in [7, 11) is -14.2. The van der Waals surface area contributed by atoms with E-state index in [9.17, 15) is 0 Å². The third kappa shape index (κ3) is 15.9. The summed E-state index contributed by atoms with van der Waals surface area (Å²) in [5, 5.41) is 5.10. The molecule has 0 atom stereocenters. The topological polar surface area (TPSA) is 0 Å². The molecule has 0 saturated carbocycles. The van der Waals surface area contributed by atoms with Gasteiger partial charge >= 0.3 is 470 Å². The van der Waals surface area contributed by atoms with E-state index in [1.165, 1.54) is 0 Å². The molecule has 0 spiro atoms. The Kier molecular flexibility index (Phi) is 20.6. The predicted molar refractivity (Wildman–Crippen MR) is 375 cm³/mol. The van der Waals surface area contributed by atoms with Crippen LogP contribution in [0.2, 0.25) is 236 Å². The number of hydrogen-bond acceptors (Lipinski definition) is 2. The Labute approximate surface area is 465 Å². The molecule has 16 heteroatoms. The van der Waals surface area contributed by atoms with E-state index >= 15 is 0 Å². The van der Waals surface area contributed by atoms with Crippen molar-refractivity contribution in [3.8, 4) is 0 Å². The first-order valence-corrected chi connectivity index (χ1v) is 80.0. The molecule has 1 fully saturated rings. The van der Waals surface area contributed by atoms with Gasteiger partial charge in [0.2, 0.25) is 0 Å². The van der Waals surface area contributed by atoms with Gasteiger partial charge in [0.15, 0.2) is 0 Å². The molecule has 3 rings (SSSR count). The van der Waals surface area contributed by atoms with Gasteiger partial charge in [-0.25, -0.2) is 0 Å². The third-order valence-electron chi connectivity index (χ3n) is 15.6. The van der Waals surface area contributed by atoms with Gasteiger partial charge in [-0.1, -0.05) is 0 Å². The van der Waals surface area contributed by atoms with Crippen LogP contribution in [0.4, 0.5) is 0 Å². The number of rotatable bonds is 20. The van der Waals surface area contributed by atoms with Gasteiger partial charge in [-0.05, 0) is 0 Å². The average Bonchev–Trinajstić information content (AvgIpc) is 2.93. The Balaban J connectivity index is 2.82. The van der Waals surface area contributed by atoms with Crippen molar-refractivity contribution >= 4 is 146 Å². The maximum absolute atomic E-state index is 3.03. The molecule has 0 radical (unpaired) electrons. The van der Waals surface area contributed by atoms with Gasteiger partial charge in [-0.3, -0.25) is 0 Å². The zero-order valence-corrected chi connectivity index (χ0v) is 69.8. The van der Waals surface area contributed by atoms with Crippen molar-refractivity contribution in [1.82, 2.24) is 0 Å². The molecule has 1 aliphatic heterocycles. The predicted octanol–water partition coefficient (Wildman–Crippen LogP) is 19.3. The molecule has 0 aromatic heterocycles. The number of hydrogen-bond donors (Lipinski definition) is 0. The molecule has 0 unspecified atom stereocenters. The van der Waals surface area contributed by atoms with E-state index in [4.69, 9.17) is 0 Å². The summed E-state index contributed by atoms with van der Waals surface area (Å²) in [5.41, 5.74) is 13.2. The fraction of sp³-hybridized carbons (Fsp3) is 0.778. The second kappa shape index (κ2) is 21.6. The standard InChI is InChI=1S/C27H59BS2Si6.C27H59Si6.Sb/c1-31(2,3)25(32(4,5)6)21-19-22(26(33(7,8)9)34(10,11)12)24(28(29)30)23(20-21)27(35(13,14)15)36(16,17)18;1-28(2,3)25(29(4,5)6)22-19-23(26(30(7,8)9)31(10,11)12)21-24(20-22)27(32(13,14)15)33(16,17)18;/h19-20,25-27H,1-18H3;19-20,25-27H,1-18H3;/q-2;;+2. The van der Waals surface area contributed by atoms with E-state index in [2.05, 4.69) is 277 Å². The summed E-state index contributed by atoms with van der Waals surface area (Å²) in [5.74, 6) is 0. The fourth-order valence-corrected chi connectivity index (χ4v) is 113. The summed E-state index contributed by atoms with van der Waals surface area (Å²) < 4.78 is 2.05. The van der Waals surface area contributed by atoms with Gasteiger partial charge in [0.05, 0.1) is 0 Å². The van der Waals surface area contributed by atoms with Crippen molar-refractivity contribution < 1.29 is 0 Å². The van der Waals surface area contributed by atoms with Crippen LogP contribution < -0.4 is 8.97 Å². The molecule has 1 heterocycles. The molecule has 1 aliphatic rings. The van der Waals surface area contributed by atoms with Crippen LogP contribution in [0.5, 0.6) is 0 Å². The summed E-state index contributed by atoms with van der Waals surface area (Å²) in [6.45, 7) is 99.2. The average molecular weight is 1300 g/mol. The fourth-order valence-electron chi connectivity index (χ4n) is 17.1. The van der Waals surface area contributed by atoms with Crippen LogP contribution >= 0.6 is 17.4 Å². The van der Waals surface area contributed by atoms with Crippen LogP contribution in [0.3, 0.4) is 0 Å². The van der Waals surface area contributed by atoms with Crippen LogP contribution in [0, 0.1) is 0 Å². The van der Waals surface area contributed by atoms with E-state index in [0.717, 1.165) is 31.0 Å². The first-order valence-electron chi connectivity index (χ1n) is 27.9.